The molecule has 2 N–H and O–H groups in total. The van der Waals surface area contributed by atoms with E-state index < -0.39 is 12.1 Å². The van der Waals surface area contributed by atoms with Gasteiger partial charge in [0.05, 0.1) is 10.5 Å². The molecule has 1 saturated heterocycles. The van der Waals surface area contributed by atoms with Crippen molar-refractivity contribution in [2.45, 2.75) is 25.2 Å². The second kappa shape index (κ2) is 12.5. The van der Waals surface area contributed by atoms with E-state index in [1.807, 2.05) is 36.4 Å². The molecule has 204 valence electrons. The third kappa shape index (κ3) is 7.92. The number of benzene rings is 2. The number of rotatable bonds is 6. The molecule has 39 heavy (non-hydrogen) atoms. The summed E-state index contributed by atoms with van der Waals surface area (Å²) in [5.74, 6) is -2.31. The zero-order valence-electron chi connectivity index (χ0n) is 20.3. The first-order chi connectivity index (χ1) is 18.6. The Balaban J connectivity index is 0.000000448. The first kappa shape index (κ1) is 28.3. The maximum Gasteiger partial charge on any atom is 0.490 e. The van der Waals surface area contributed by atoms with E-state index in [9.17, 15) is 18.0 Å². The average Bonchev–Trinajstić information content (AvgIpc) is 3.57. The van der Waals surface area contributed by atoms with Gasteiger partial charge in [-0.3, -0.25) is 14.7 Å². The highest BCUT2D eigenvalue weighted by Crippen LogP contribution is 2.30. The van der Waals surface area contributed by atoms with Crippen molar-refractivity contribution in [3.63, 3.8) is 0 Å². The smallest absolute Gasteiger partial charge is 0.487 e. The van der Waals surface area contributed by atoms with Gasteiger partial charge in [0.15, 0.2) is 0 Å². The molecule has 5 rings (SSSR count). The normalized spacial score (nSPS) is 15.4. The van der Waals surface area contributed by atoms with Crippen molar-refractivity contribution >= 4 is 51.4 Å². The molecule has 2 aromatic carbocycles. The number of carboxylic acids is 1. The molecule has 0 aliphatic carbocycles. The van der Waals surface area contributed by atoms with Crippen molar-refractivity contribution in [3.8, 4) is 5.75 Å². The maximum absolute atomic E-state index is 12.7. The number of hydrogen-bond acceptors (Lipinski definition) is 6. The number of pyridine rings is 1. The van der Waals surface area contributed by atoms with Crippen molar-refractivity contribution < 1.29 is 32.6 Å². The van der Waals surface area contributed by atoms with Gasteiger partial charge in [-0.25, -0.2) is 4.79 Å². The van der Waals surface area contributed by atoms with Crippen LogP contribution in [-0.2, 0) is 11.3 Å². The van der Waals surface area contributed by atoms with Crippen LogP contribution in [0.15, 0.2) is 71.6 Å². The number of halogens is 4. The predicted octanol–water partition coefficient (Wildman–Crippen LogP) is 6.49. The molecule has 1 atom stereocenters. The monoisotopic (exact) mass is 577 g/mol. The molecule has 1 aliphatic heterocycles. The van der Waals surface area contributed by atoms with Gasteiger partial charge in [0.1, 0.15) is 11.9 Å². The SMILES string of the molecule is O=C(Nc1ccc(OC2CCN(Cc3ccsc3)C2)c(Cl)c1)c1ccc2ncccc2c1.O=C(O)C(F)(F)F. The van der Waals surface area contributed by atoms with Crippen molar-refractivity contribution in [2.75, 3.05) is 18.4 Å². The Labute approximate surface area is 230 Å². The average molecular weight is 578 g/mol. The lowest BCUT2D eigenvalue weighted by molar-refractivity contribution is -0.192. The van der Waals surface area contributed by atoms with Crippen LogP contribution in [0, 0.1) is 0 Å². The molecular formula is C27H23ClF3N3O4S. The molecule has 0 radical (unpaired) electrons. The summed E-state index contributed by atoms with van der Waals surface area (Å²) in [7, 11) is 0. The van der Waals surface area contributed by atoms with E-state index in [4.69, 9.17) is 26.2 Å². The quantitative estimate of drug-likeness (QED) is 0.272. The van der Waals surface area contributed by atoms with Gasteiger partial charge in [-0.2, -0.15) is 24.5 Å². The minimum atomic E-state index is -5.08. The summed E-state index contributed by atoms with van der Waals surface area (Å²) < 4.78 is 37.9. The van der Waals surface area contributed by atoms with Gasteiger partial charge in [-0.1, -0.05) is 17.7 Å². The lowest BCUT2D eigenvalue weighted by atomic mass is 10.1. The maximum atomic E-state index is 12.7. The number of hydrogen-bond donors (Lipinski definition) is 2. The number of thiophene rings is 1. The van der Waals surface area contributed by atoms with Crippen molar-refractivity contribution in [1.29, 1.82) is 0 Å². The molecule has 4 aromatic rings. The molecular weight excluding hydrogens is 555 g/mol. The third-order valence-corrected chi connectivity index (χ3v) is 6.83. The number of ether oxygens (including phenoxy) is 1. The molecule has 1 aliphatic rings. The number of carboxylic acid groups (broad SMARTS) is 1. The number of anilines is 1. The van der Waals surface area contributed by atoms with Gasteiger partial charge in [0, 0.05) is 42.5 Å². The van der Waals surface area contributed by atoms with Crippen LogP contribution < -0.4 is 10.1 Å². The van der Waals surface area contributed by atoms with Gasteiger partial charge in [0.2, 0.25) is 0 Å². The Bertz CT molecular complexity index is 1450. The van der Waals surface area contributed by atoms with E-state index in [0.29, 0.717) is 22.0 Å². The van der Waals surface area contributed by atoms with Crippen LogP contribution >= 0.6 is 22.9 Å². The van der Waals surface area contributed by atoms with Gasteiger partial charge in [-0.15, -0.1) is 0 Å². The fraction of sp³-hybridized carbons (Fsp3) is 0.222. The van der Waals surface area contributed by atoms with E-state index in [1.54, 1.807) is 29.7 Å². The first-order valence-electron chi connectivity index (χ1n) is 11.7. The van der Waals surface area contributed by atoms with E-state index in [-0.39, 0.29) is 12.0 Å². The fourth-order valence-corrected chi connectivity index (χ4v) is 4.84. The molecule has 7 nitrogen and oxygen atoms in total. The van der Waals surface area contributed by atoms with E-state index in [2.05, 4.69) is 32.0 Å². The van der Waals surface area contributed by atoms with Crippen LogP contribution in [0.1, 0.15) is 22.3 Å². The summed E-state index contributed by atoms with van der Waals surface area (Å²) >= 11 is 8.19. The summed E-state index contributed by atoms with van der Waals surface area (Å²) in [6.07, 6.45) is -2.27. The van der Waals surface area contributed by atoms with Crippen LogP contribution in [0.25, 0.3) is 10.9 Å². The second-order valence-corrected chi connectivity index (χ2v) is 9.90. The van der Waals surface area contributed by atoms with Gasteiger partial charge < -0.3 is 15.2 Å². The van der Waals surface area contributed by atoms with E-state index >= 15 is 0 Å². The Morgan fingerprint density at radius 1 is 1.18 bits per heavy atom. The summed E-state index contributed by atoms with van der Waals surface area (Å²) in [6, 6.07) is 16.8. The number of amides is 1. The van der Waals surface area contributed by atoms with Crippen LogP contribution in [0.5, 0.6) is 5.75 Å². The van der Waals surface area contributed by atoms with Crippen LogP contribution in [0.3, 0.4) is 0 Å². The van der Waals surface area contributed by atoms with Gasteiger partial charge in [0.25, 0.3) is 5.91 Å². The number of carbonyl (C=O) groups excluding carboxylic acids is 1. The van der Waals surface area contributed by atoms with E-state index in [1.165, 1.54) is 5.56 Å². The molecule has 2 aromatic heterocycles. The highest BCUT2D eigenvalue weighted by molar-refractivity contribution is 7.07. The number of aliphatic carboxylic acids is 1. The largest absolute Gasteiger partial charge is 0.490 e. The van der Waals surface area contributed by atoms with Crippen LogP contribution in [0.4, 0.5) is 18.9 Å². The van der Waals surface area contributed by atoms with Gasteiger partial charge >= 0.3 is 12.1 Å². The number of alkyl halides is 3. The zero-order valence-corrected chi connectivity index (χ0v) is 21.9. The minimum Gasteiger partial charge on any atom is -0.487 e. The minimum absolute atomic E-state index is 0.109. The number of aromatic nitrogens is 1. The lowest BCUT2D eigenvalue weighted by Crippen LogP contribution is -2.24. The number of nitrogens with one attached hydrogen (secondary N) is 1. The topological polar surface area (TPSA) is 91.8 Å². The molecule has 1 amide bonds. The predicted molar refractivity (Wildman–Crippen MR) is 143 cm³/mol. The molecule has 0 spiro atoms. The molecule has 1 unspecified atom stereocenters. The summed E-state index contributed by atoms with van der Waals surface area (Å²) in [4.78, 5) is 28.3. The Hall–Kier alpha value is -3.67. The van der Waals surface area contributed by atoms with Gasteiger partial charge in [-0.05, 0) is 71.3 Å². The molecule has 1 fully saturated rings. The Morgan fingerprint density at radius 3 is 2.67 bits per heavy atom. The summed E-state index contributed by atoms with van der Waals surface area (Å²) in [5, 5.41) is 15.7. The third-order valence-electron chi connectivity index (χ3n) is 5.81. The van der Waals surface area contributed by atoms with E-state index in [0.717, 1.165) is 37.0 Å². The van der Waals surface area contributed by atoms with Crippen molar-refractivity contribution in [2.24, 2.45) is 0 Å². The Morgan fingerprint density at radius 2 is 1.97 bits per heavy atom. The zero-order chi connectivity index (χ0) is 28.0. The van der Waals surface area contributed by atoms with Crippen LogP contribution in [-0.4, -0.2) is 52.2 Å². The summed E-state index contributed by atoms with van der Waals surface area (Å²) in [5.41, 5.74) is 3.40. The molecule has 0 bridgehead atoms. The highest BCUT2D eigenvalue weighted by Gasteiger charge is 2.38. The second-order valence-electron chi connectivity index (χ2n) is 8.71. The number of likely N-dealkylation sites (tertiary alicyclic amines) is 1. The van der Waals surface area contributed by atoms with Crippen molar-refractivity contribution in [3.05, 3.63) is 87.7 Å². The number of nitrogens with zero attached hydrogens (tertiary/aromatic N) is 2. The standard InChI is InChI=1S/C25H22ClN3O2S.C2HF3O2/c26-22-13-20(28-25(30)19-3-5-23-18(12-19)2-1-9-27-23)4-6-24(22)31-21-7-10-29(15-21)14-17-8-11-32-16-17;3-2(4,5)1(6)7/h1-6,8-9,11-13,16,21H,7,10,14-15H2,(H,28,30);(H,6,7). The lowest BCUT2D eigenvalue weighted by Gasteiger charge is -2.17. The molecule has 0 saturated carbocycles. The molecule has 12 heteroatoms. The molecule has 3 heterocycles. The fourth-order valence-electron chi connectivity index (χ4n) is 3.95. The number of carbonyl (C=O) groups is 2. The van der Waals surface area contributed by atoms with Crippen LogP contribution in [0.2, 0.25) is 5.02 Å². The highest BCUT2D eigenvalue weighted by atomic mass is 35.5. The summed E-state index contributed by atoms with van der Waals surface area (Å²) in [6.45, 7) is 2.84. The Kier molecular flexibility index (Phi) is 9.05. The number of fused-ring (bicyclic) bond motifs is 1. The first-order valence-corrected chi connectivity index (χ1v) is 13.1. The van der Waals surface area contributed by atoms with Crippen molar-refractivity contribution in [1.82, 2.24) is 9.88 Å².